The van der Waals surface area contributed by atoms with Crippen molar-refractivity contribution < 1.29 is 14.7 Å². The summed E-state index contributed by atoms with van der Waals surface area (Å²) in [6, 6.07) is -1.14. The van der Waals surface area contributed by atoms with Crippen LogP contribution in [0.25, 0.3) is 0 Å². The van der Waals surface area contributed by atoms with Gasteiger partial charge in [0.25, 0.3) is 0 Å². The fourth-order valence-corrected chi connectivity index (χ4v) is 1.25. The summed E-state index contributed by atoms with van der Waals surface area (Å²) in [7, 11) is 0. The molecular formula is C10H20N2O3. The molecule has 5 nitrogen and oxygen atoms in total. The van der Waals surface area contributed by atoms with Gasteiger partial charge in [0.05, 0.1) is 0 Å². The van der Waals surface area contributed by atoms with Crippen molar-refractivity contribution in [2.45, 2.75) is 33.7 Å². The number of rotatable bonds is 5. The highest BCUT2D eigenvalue weighted by Crippen LogP contribution is 2.02. The first-order valence-corrected chi connectivity index (χ1v) is 5.22. The third-order valence-corrected chi connectivity index (χ3v) is 2.26. The Kier molecular flexibility index (Phi) is 5.74. The van der Waals surface area contributed by atoms with Gasteiger partial charge in [-0.05, 0) is 19.8 Å². The number of carboxylic acids is 1. The number of hydrogen-bond donors (Lipinski definition) is 2. The Hall–Kier alpha value is -1.26. The van der Waals surface area contributed by atoms with Gasteiger partial charge in [0.2, 0.25) is 0 Å². The van der Waals surface area contributed by atoms with Crippen molar-refractivity contribution in [1.82, 2.24) is 10.2 Å². The second-order valence-corrected chi connectivity index (χ2v) is 3.68. The van der Waals surface area contributed by atoms with Crippen LogP contribution in [0.2, 0.25) is 0 Å². The van der Waals surface area contributed by atoms with E-state index in [4.69, 9.17) is 5.11 Å². The molecule has 0 radical (unpaired) electrons. The van der Waals surface area contributed by atoms with E-state index in [1.54, 1.807) is 18.7 Å². The molecule has 15 heavy (non-hydrogen) atoms. The van der Waals surface area contributed by atoms with Crippen LogP contribution < -0.4 is 5.32 Å². The highest BCUT2D eigenvalue weighted by molar-refractivity contribution is 5.82. The molecule has 0 unspecified atom stereocenters. The fourth-order valence-electron chi connectivity index (χ4n) is 1.25. The lowest BCUT2D eigenvalue weighted by Gasteiger charge is -2.24. The van der Waals surface area contributed by atoms with E-state index >= 15 is 0 Å². The molecule has 2 amide bonds. The number of carbonyl (C=O) groups is 2. The standard InChI is InChI=1S/C10H20N2O3/c1-5-12(6-2)10(15)11-8(7(3)4)9(13)14/h7-8H,5-6H2,1-4H3,(H,11,15)(H,13,14)/t8-/m0/s1. The summed E-state index contributed by atoms with van der Waals surface area (Å²) in [6.45, 7) is 8.39. The van der Waals surface area contributed by atoms with E-state index in [1.165, 1.54) is 0 Å². The highest BCUT2D eigenvalue weighted by Gasteiger charge is 2.24. The molecule has 0 saturated carbocycles. The van der Waals surface area contributed by atoms with Crippen LogP contribution in [0.15, 0.2) is 0 Å². The normalized spacial score (nSPS) is 12.3. The van der Waals surface area contributed by atoms with Gasteiger partial charge in [-0.3, -0.25) is 0 Å². The SMILES string of the molecule is CCN(CC)C(=O)N[C@H](C(=O)O)C(C)C. The largest absolute Gasteiger partial charge is 0.480 e. The molecule has 0 saturated heterocycles. The molecule has 2 N–H and O–H groups in total. The van der Waals surface area contributed by atoms with Crippen LogP contribution in [0.3, 0.4) is 0 Å². The maximum atomic E-state index is 11.6. The van der Waals surface area contributed by atoms with Crippen LogP contribution in [0.5, 0.6) is 0 Å². The molecule has 88 valence electrons. The minimum atomic E-state index is -0.995. The van der Waals surface area contributed by atoms with Crippen molar-refractivity contribution in [3.05, 3.63) is 0 Å². The van der Waals surface area contributed by atoms with Crippen LogP contribution in [-0.2, 0) is 4.79 Å². The highest BCUT2D eigenvalue weighted by atomic mass is 16.4. The van der Waals surface area contributed by atoms with Crippen molar-refractivity contribution in [3.8, 4) is 0 Å². The van der Waals surface area contributed by atoms with Gasteiger partial charge in [-0.25, -0.2) is 9.59 Å². The Bertz CT molecular complexity index is 225. The van der Waals surface area contributed by atoms with E-state index in [0.29, 0.717) is 13.1 Å². The number of nitrogens with zero attached hydrogens (tertiary/aromatic N) is 1. The summed E-state index contributed by atoms with van der Waals surface area (Å²) in [6.07, 6.45) is 0. The Morgan fingerprint density at radius 1 is 1.27 bits per heavy atom. The van der Waals surface area contributed by atoms with E-state index in [1.807, 2.05) is 13.8 Å². The first-order chi connectivity index (χ1) is 6.93. The van der Waals surface area contributed by atoms with Crippen molar-refractivity contribution in [2.24, 2.45) is 5.92 Å². The molecule has 0 aliphatic carbocycles. The van der Waals surface area contributed by atoms with Crippen molar-refractivity contribution in [2.75, 3.05) is 13.1 Å². The average Bonchev–Trinajstić information content (AvgIpc) is 2.15. The van der Waals surface area contributed by atoms with Gasteiger partial charge in [0, 0.05) is 13.1 Å². The zero-order valence-electron chi connectivity index (χ0n) is 9.78. The molecule has 0 aromatic carbocycles. The first-order valence-electron chi connectivity index (χ1n) is 5.22. The predicted molar refractivity (Wildman–Crippen MR) is 57.7 cm³/mol. The number of carbonyl (C=O) groups excluding carboxylic acids is 1. The minimum Gasteiger partial charge on any atom is -0.480 e. The average molecular weight is 216 g/mol. The van der Waals surface area contributed by atoms with E-state index < -0.39 is 12.0 Å². The third kappa shape index (κ3) is 4.18. The lowest BCUT2D eigenvalue weighted by molar-refractivity contribution is -0.140. The smallest absolute Gasteiger partial charge is 0.326 e. The van der Waals surface area contributed by atoms with Crippen LogP contribution >= 0.6 is 0 Å². The number of aliphatic carboxylic acids is 1. The van der Waals surface area contributed by atoms with E-state index in [0.717, 1.165) is 0 Å². The van der Waals surface area contributed by atoms with Gasteiger partial charge in [-0.1, -0.05) is 13.8 Å². The molecule has 0 aromatic heterocycles. The summed E-state index contributed by atoms with van der Waals surface area (Å²) in [5.74, 6) is -1.12. The zero-order valence-corrected chi connectivity index (χ0v) is 9.78. The van der Waals surface area contributed by atoms with Crippen LogP contribution in [0.4, 0.5) is 4.79 Å². The molecule has 0 aliphatic heterocycles. The Morgan fingerprint density at radius 2 is 1.73 bits per heavy atom. The Labute approximate surface area is 90.5 Å². The maximum absolute atomic E-state index is 11.6. The summed E-state index contributed by atoms with van der Waals surface area (Å²) in [5.41, 5.74) is 0. The number of amides is 2. The number of urea groups is 1. The van der Waals surface area contributed by atoms with E-state index in [-0.39, 0.29) is 11.9 Å². The van der Waals surface area contributed by atoms with Crippen molar-refractivity contribution in [1.29, 1.82) is 0 Å². The Balaban J connectivity index is 4.41. The number of carboxylic acid groups (broad SMARTS) is 1. The first kappa shape index (κ1) is 13.7. The Morgan fingerprint density at radius 3 is 2.00 bits per heavy atom. The molecule has 0 fully saturated rings. The second-order valence-electron chi connectivity index (χ2n) is 3.68. The minimum absolute atomic E-state index is 0.123. The second kappa shape index (κ2) is 6.27. The van der Waals surface area contributed by atoms with Crippen molar-refractivity contribution >= 4 is 12.0 Å². The van der Waals surface area contributed by atoms with Crippen LogP contribution in [0.1, 0.15) is 27.7 Å². The van der Waals surface area contributed by atoms with Gasteiger partial charge in [0.15, 0.2) is 0 Å². The fraction of sp³-hybridized carbons (Fsp3) is 0.800. The third-order valence-electron chi connectivity index (χ3n) is 2.26. The van der Waals surface area contributed by atoms with E-state index in [9.17, 15) is 9.59 Å². The molecule has 0 aromatic rings. The number of hydrogen-bond acceptors (Lipinski definition) is 2. The number of nitrogens with one attached hydrogen (secondary N) is 1. The topological polar surface area (TPSA) is 69.6 Å². The monoisotopic (exact) mass is 216 g/mol. The molecule has 0 rings (SSSR count). The molecule has 0 aliphatic rings. The molecular weight excluding hydrogens is 196 g/mol. The predicted octanol–water partition coefficient (Wildman–Crippen LogP) is 1.15. The van der Waals surface area contributed by atoms with Gasteiger partial charge in [0.1, 0.15) is 6.04 Å². The lowest BCUT2D eigenvalue weighted by Crippen LogP contribution is -2.50. The summed E-state index contributed by atoms with van der Waals surface area (Å²) < 4.78 is 0. The molecule has 0 bridgehead atoms. The van der Waals surface area contributed by atoms with Gasteiger partial charge in [-0.2, -0.15) is 0 Å². The van der Waals surface area contributed by atoms with Gasteiger partial charge >= 0.3 is 12.0 Å². The van der Waals surface area contributed by atoms with Gasteiger partial charge in [-0.15, -0.1) is 0 Å². The lowest BCUT2D eigenvalue weighted by atomic mass is 10.1. The van der Waals surface area contributed by atoms with Crippen molar-refractivity contribution in [3.63, 3.8) is 0 Å². The zero-order chi connectivity index (χ0) is 12.0. The van der Waals surface area contributed by atoms with Gasteiger partial charge < -0.3 is 15.3 Å². The quantitative estimate of drug-likeness (QED) is 0.724. The van der Waals surface area contributed by atoms with Crippen LogP contribution in [-0.4, -0.2) is 41.1 Å². The molecule has 0 heterocycles. The molecule has 0 spiro atoms. The van der Waals surface area contributed by atoms with Crippen LogP contribution in [0, 0.1) is 5.92 Å². The van der Waals surface area contributed by atoms with E-state index in [2.05, 4.69) is 5.32 Å². The maximum Gasteiger partial charge on any atom is 0.326 e. The summed E-state index contributed by atoms with van der Waals surface area (Å²) in [4.78, 5) is 24.0. The molecule has 1 atom stereocenters. The molecule has 5 heteroatoms. The summed E-state index contributed by atoms with van der Waals surface area (Å²) >= 11 is 0. The summed E-state index contributed by atoms with van der Waals surface area (Å²) in [5, 5.41) is 11.4.